The molecule has 1 unspecified atom stereocenters. The van der Waals surface area contributed by atoms with E-state index >= 15 is 0 Å². The first-order valence-corrected chi connectivity index (χ1v) is 14.6. The smallest absolute Gasteiger partial charge is 0.243 e. The maximum absolute atomic E-state index is 13.9. The van der Waals surface area contributed by atoms with Crippen molar-refractivity contribution in [3.8, 4) is 11.5 Å². The van der Waals surface area contributed by atoms with E-state index < -0.39 is 6.04 Å². The molecule has 0 bridgehead atoms. The molecule has 0 fully saturated rings. The van der Waals surface area contributed by atoms with Gasteiger partial charge >= 0.3 is 0 Å². The zero-order valence-corrected chi connectivity index (χ0v) is 24.6. The number of nitrogens with one attached hydrogen (secondary N) is 1. The van der Waals surface area contributed by atoms with Crippen molar-refractivity contribution in [3.05, 3.63) is 94.5 Å². The Morgan fingerprint density at radius 2 is 1.57 bits per heavy atom. The number of hydrogen-bond donors (Lipinski definition) is 1. The van der Waals surface area contributed by atoms with Gasteiger partial charge in [0.2, 0.25) is 11.8 Å². The van der Waals surface area contributed by atoms with E-state index in [-0.39, 0.29) is 24.8 Å². The zero-order valence-electron chi connectivity index (χ0n) is 23.8. The van der Waals surface area contributed by atoms with Crippen LogP contribution in [0.15, 0.2) is 72.8 Å². The van der Waals surface area contributed by atoms with E-state index in [1.807, 2.05) is 80.6 Å². The van der Waals surface area contributed by atoms with E-state index in [9.17, 15) is 9.59 Å². The predicted octanol–water partition coefficient (Wildman–Crippen LogP) is 6.63. The maximum Gasteiger partial charge on any atom is 0.243 e. The summed E-state index contributed by atoms with van der Waals surface area (Å²) in [4.78, 5) is 29.2. The summed E-state index contributed by atoms with van der Waals surface area (Å²) in [5, 5.41) is 3.65. The molecule has 0 saturated carbocycles. The van der Waals surface area contributed by atoms with Gasteiger partial charge in [0.05, 0.1) is 13.2 Å². The van der Waals surface area contributed by atoms with Crippen molar-refractivity contribution in [2.45, 2.75) is 65.5 Å². The van der Waals surface area contributed by atoms with Gasteiger partial charge in [0.1, 0.15) is 6.04 Å². The molecule has 0 radical (unpaired) electrons. The van der Waals surface area contributed by atoms with E-state index in [2.05, 4.69) is 12.2 Å². The molecule has 3 aromatic carbocycles. The summed E-state index contributed by atoms with van der Waals surface area (Å²) in [5.74, 6) is 1.11. The Labute approximate surface area is 243 Å². The van der Waals surface area contributed by atoms with Crippen LogP contribution >= 0.6 is 11.6 Å². The minimum atomic E-state index is -0.662. The summed E-state index contributed by atoms with van der Waals surface area (Å²) in [5.41, 5.74) is 2.84. The highest BCUT2D eigenvalue weighted by atomic mass is 35.5. The lowest BCUT2D eigenvalue weighted by Crippen LogP contribution is -2.50. The van der Waals surface area contributed by atoms with Crippen molar-refractivity contribution in [2.24, 2.45) is 0 Å². The first-order valence-electron chi connectivity index (χ1n) is 14.2. The normalized spacial score (nSPS) is 11.5. The van der Waals surface area contributed by atoms with Gasteiger partial charge in [-0.1, -0.05) is 73.5 Å². The molecule has 0 aliphatic rings. The third-order valence-electron chi connectivity index (χ3n) is 6.58. The molecule has 1 atom stereocenters. The van der Waals surface area contributed by atoms with Crippen molar-refractivity contribution in [3.63, 3.8) is 0 Å². The Morgan fingerprint density at radius 1 is 0.850 bits per heavy atom. The third-order valence-corrected chi connectivity index (χ3v) is 6.81. The fourth-order valence-corrected chi connectivity index (χ4v) is 4.75. The lowest BCUT2D eigenvalue weighted by molar-refractivity contribution is -0.141. The molecule has 0 spiro atoms. The Balaban J connectivity index is 1.88. The molecule has 0 aliphatic carbocycles. The number of carbonyl (C=O) groups excluding carboxylic acids is 2. The van der Waals surface area contributed by atoms with Crippen molar-refractivity contribution in [1.29, 1.82) is 0 Å². The van der Waals surface area contributed by atoms with Gasteiger partial charge in [-0.05, 0) is 67.6 Å². The molecule has 2 amide bonds. The van der Waals surface area contributed by atoms with Crippen molar-refractivity contribution in [1.82, 2.24) is 10.2 Å². The van der Waals surface area contributed by atoms with E-state index in [0.29, 0.717) is 49.1 Å². The number of carbonyl (C=O) groups is 2. The molecule has 0 saturated heterocycles. The molecular formula is C33H41ClN2O4. The highest BCUT2D eigenvalue weighted by Gasteiger charge is 2.30. The quantitative estimate of drug-likeness (QED) is 0.198. The number of amides is 2. The molecule has 1 N–H and O–H groups in total. The molecule has 214 valence electrons. The van der Waals surface area contributed by atoms with Crippen LogP contribution in [0.4, 0.5) is 0 Å². The fourth-order valence-electron chi connectivity index (χ4n) is 4.54. The minimum absolute atomic E-state index is 0.0987. The molecular weight excluding hydrogens is 524 g/mol. The van der Waals surface area contributed by atoms with Crippen LogP contribution in [0, 0.1) is 0 Å². The second-order valence-corrected chi connectivity index (χ2v) is 10.1. The number of benzene rings is 3. The number of hydrogen-bond acceptors (Lipinski definition) is 4. The van der Waals surface area contributed by atoms with Gasteiger partial charge in [-0.25, -0.2) is 0 Å². The topological polar surface area (TPSA) is 67.9 Å². The van der Waals surface area contributed by atoms with Gasteiger partial charge in [-0.15, -0.1) is 0 Å². The van der Waals surface area contributed by atoms with Gasteiger partial charge in [0.25, 0.3) is 0 Å². The van der Waals surface area contributed by atoms with Crippen LogP contribution in [-0.4, -0.2) is 42.5 Å². The summed E-state index contributed by atoms with van der Waals surface area (Å²) in [6.07, 6.45) is 3.02. The maximum atomic E-state index is 13.9. The predicted molar refractivity (Wildman–Crippen MR) is 161 cm³/mol. The first-order chi connectivity index (χ1) is 19.4. The average Bonchev–Trinajstić information content (AvgIpc) is 2.95. The van der Waals surface area contributed by atoms with E-state index in [0.717, 1.165) is 29.5 Å². The Morgan fingerprint density at radius 3 is 2.27 bits per heavy atom. The average molecular weight is 565 g/mol. The molecule has 0 aliphatic heterocycles. The summed E-state index contributed by atoms with van der Waals surface area (Å²) in [6.45, 7) is 7.86. The van der Waals surface area contributed by atoms with Crippen molar-refractivity contribution >= 4 is 23.4 Å². The van der Waals surface area contributed by atoms with Crippen LogP contribution < -0.4 is 14.8 Å². The van der Waals surface area contributed by atoms with Crippen LogP contribution in [0.3, 0.4) is 0 Å². The third kappa shape index (κ3) is 9.60. The van der Waals surface area contributed by atoms with Gasteiger partial charge in [0, 0.05) is 31.0 Å². The van der Waals surface area contributed by atoms with Crippen LogP contribution in [-0.2, 0) is 29.0 Å². The lowest BCUT2D eigenvalue weighted by Gasteiger charge is -2.32. The number of halogens is 1. The summed E-state index contributed by atoms with van der Waals surface area (Å²) in [6, 6.07) is 22.4. The fraction of sp³-hybridized carbons (Fsp3) is 0.394. The number of aryl methyl sites for hydroxylation is 1. The minimum Gasteiger partial charge on any atom is -0.490 e. The van der Waals surface area contributed by atoms with Crippen LogP contribution in [0.2, 0.25) is 5.02 Å². The number of nitrogens with zero attached hydrogens (tertiary/aromatic N) is 1. The monoisotopic (exact) mass is 564 g/mol. The van der Waals surface area contributed by atoms with Gasteiger partial charge in [0.15, 0.2) is 11.5 Å². The number of ether oxygens (including phenoxy) is 2. The Kier molecular flexibility index (Phi) is 12.8. The second-order valence-electron chi connectivity index (χ2n) is 9.65. The molecule has 0 aromatic heterocycles. The molecule has 40 heavy (non-hydrogen) atoms. The largest absolute Gasteiger partial charge is 0.490 e. The van der Waals surface area contributed by atoms with Crippen molar-refractivity contribution in [2.75, 3.05) is 19.8 Å². The molecule has 3 aromatic rings. The second kappa shape index (κ2) is 16.6. The highest BCUT2D eigenvalue weighted by molar-refractivity contribution is 6.30. The van der Waals surface area contributed by atoms with Gasteiger partial charge in [-0.3, -0.25) is 9.59 Å². The first kappa shape index (κ1) is 31.0. The van der Waals surface area contributed by atoms with Crippen molar-refractivity contribution < 1.29 is 19.1 Å². The number of unbranched alkanes of at least 4 members (excludes halogenated alkanes) is 1. The standard InChI is InChI=1S/C33H41ClN2O4/c1-4-7-20-35-33(38)29(22-25-12-9-8-10-13-25)36(24-27-14-11-15-28(34)21-27)32(37)19-17-26-16-18-30(39-5-2)31(23-26)40-6-3/h8-16,18,21,23,29H,4-7,17,19-20,22,24H2,1-3H3,(H,35,38). The summed E-state index contributed by atoms with van der Waals surface area (Å²) < 4.78 is 11.5. The molecule has 3 rings (SSSR count). The SMILES string of the molecule is CCCCNC(=O)C(Cc1ccccc1)N(Cc1cccc(Cl)c1)C(=O)CCc1ccc(OCC)c(OCC)c1. The van der Waals surface area contributed by atoms with E-state index in [4.69, 9.17) is 21.1 Å². The zero-order chi connectivity index (χ0) is 28.7. The molecule has 0 heterocycles. The van der Waals surface area contributed by atoms with Gasteiger partial charge in [-0.2, -0.15) is 0 Å². The van der Waals surface area contributed by atoms with E-state index in [1.165, 1.54) is 0 Å². The Bertz CT molecular complexity index is 1220. The number of rotatable bonds is 16. The summed E-state index contributed by atoms with van der Waals surface area (Å²) >= 11 is 6.28. The van der Waals surface area contributed by atoms with Crippen LogP contribution in [0.5, 0.6) is 11.5 Å². The van der Waals surface area contributed by atoms with E-state index in [1.54, 1.807) is 11.0 Å². The lowest BCUT2D eigenvalue weighted by atomic mass is 10.0. The molecule has 7 heteroatoms. The molecule has 6 nitrogen and oxygen atoms in total. The Hall–Kier alpha value is -3.51. The van der Waals surface area contributed by atoms with Crippen LogP contribution in [0.1, 0.15) is 56.7 Å². The van der Waals surface area contributed by atoms with Gasteiger partial charge < -0.3 is 19.7 Å². The summed E-state index contributed by atoms with van der Waals surface area (Å²) in [7, 11) is 0. The highest BCUT2D eigenvalue weighted by Crippen LogP contribution is 2.29. The van der Waals surface area contributed by atoms with Crippen LogP contribution in [0.25, 0.3) is 0 Å².